The van der Waals surface area contributed by atoms with Crippen molar-refractivity contribution in [1.82, 2.24) is 5.32 Å². The van der Waals surface area contributed by atoms with Crippen molar-refractivity contribution in [2.45, 2.75) is 57.0 Å². The maximum absolute atomic E-state index is 13.2. The Balaban J connectivity index is 1.45. The minimum absolute atomic E-state index is 0.00161. The van der Waals surface area contributed by atoms with Gasteiger partial charge in [0, 0.05) is 37.8 Å². The highest BCUT2D eigenvalue weighted by Crippen LogP contribution is 2.38. The van der Waals surface area contributed by atoms with E-state index in [1.807, 2.05) is 43.3 Å². The van der Waals surface area contributed by atoms with Crippen LogP contribution in [0.3, 0.4) is 0 Å². The molecule has 1 amide bonds. The summed E-state index contributed by atoms with van der Waals surface area (Å²) in [6.45, 7) is 2.03. The number of hydrogen-bond acceptors (Lipinski definition) is 3. The molecule has 1 heterocycles. The summed E-state index contributed by atoms with van der Waals surface area (Å²) < 4.78 is 32.2. The van der Waals surface area contributed by atoms with Gasteiger partial charge in [0.1, 0.15) is 11.5 Å². The Morgan fingerprint density at radius 3 is 2.44 bits per heavy atom. The quantitative estimate of drug-likeness (QED) is 0.791. The van der Waals surface area contributed by atoms with Crippen LogP contribution in [0.2, 0.25) is 0 Å². The van der Waals surface area contributed by atoms with E-state index in [1.165, 1.54) is 5.56 Å². The van der Waals surface area contributed by atoms with Gasteiger partial charge in [-0.15, -0.1) is 0 Å². The molecule has 1 fully saturated rings. The van der Waals surface area contributed by atoms with Crippen LogP contribution in [0.25, 0.3) is 11.3 Å². The number of aryl methyl sites for hydroxylation is 2. The van der Waals surface area contributed by atoms with Gasteiger partial charge in [-0.05, 0) is 31.9 Å². The number of rotatable bonds is 6. The number of carbonyl (C=O) groups is 1. The van der Waals surface area contributed by atoms with Gasteiger partial charge in [-0.2, -0.15) is 0 Å². The molecule has 0 aliphatic heterocycles. The van der Waals surface area contributed by atoms with Crippen LogP contribution < -0.4 is 5.32 Å². The highest BCUT2D eigenvalue weighted by molar-refractivity contribution is 5.76. The van der Waals surface area contributed by atoms with Crippen LogP contribution >= 0.6 is 0 Å². The van der Waals surface area contributed by atoms with Crippen molar-refractivity contribution < 1.29 is 23.1 Å². The molecule has 0 bridgehead atoms. The topological polar surface area (TPSA) is 62.5 Å². The summed E-state index contributed by atoms with van der Waals surface area (Å²) in [4.78, 5) is 12.0. The predicted molar refractivity (Wildman–Crippen MR) is 98.6 cm³/mol. The molecule has 6 heteroatoms. The summed E-state index contributed by atoms with van der Waals surface area (Å²) in [6.07, 6.45) is -0.0286. The van der Waals surface area contributed by atoms with E-state index in [0.717, 1.165) is 11.3 Å². The van der Waals surface area contributed by atoms with Gasteiger partial charge >= 0.3 is 0 Å². The lowest BCUT2D eigenvalue weighted by atomic mass is 9.83. The Hall–Kier alpha value is -2.21. The van der Waals surface area contributed by atoms with Gasteiger partial charge in [0.05, 0.1) is 5.60 Å². The number of carbonyl (C=O) groups excluding carboxylic acids is 1. The third-order valence-electron chi connectivity index (χ3n) is 5.12. The lowest BCUT2D eigenvalue weighted by molar-refractivity contribution is -0.125. The molecule has 27 heavy (non-hydrogen) atoms. The highest BCUT2D eigenvalue weighted by atomic mass is 19.3. The summed E-state index contributed by atoms with van der Waals surface area (Å²) in [6, 6.07) is 11.7. The second-order valence-electron chi connectivity index (χ2n) is 7.49. The zero-order chi connectivity index (χ0) is 19.5. The fraction of sp³-hybridized carbons (Fsp3) is 0.476. The van der Waals surface area contributed by atoms with Crippen molar-refractivity contribution in [1.29, 1.82) is 0 Å². The smallest absolute Gasteiger partial charge is 0.248 e. The second kappa shape index (κ2) is 7.80. The van der Waals surface area contributed by atoms with Crippen LogP contribution in [-0.4, -0.2) is 29.1 Å². The molecular weight excluding hydrogens is 352 g/mol. The third-order valence-corrected chi connectivity index (χ3v) is 5.12. The van der Waals surface area contributed by atoms with Gasteiger partial charge in [-0.25, -0.2) is 8.78 Å². The number of halogens is 2. The van der Waals surface area contributed by atoms with Crippen molar-refractivity contribution in [2.24, 2.45) is 0 Å². The molecule has 0 saturated heterocycles. The van der Waals surface area contributed by atoms with E-state index in [1.54, 1.807) is 0 Å². The van der Waals surface area contributed by atoms with Gasteiger partial charge < -0.3 is 14.8 Å². The fourth-order valence-corrected chi connectivity index (χ4v) is 3.23. The molecule has 0 atom stereocenters. The molecule has 4 nitrogen and oxygen atoms in total. The normalized spacial score (nSPS) is 18.2. The number of nitrogens with one attached hydrogen (secondary N) is 1. The van der Waals surface area contributed by atoms with E-state index in [4.69, 9.17) is 4.42 Å². The lowest BCUT2D eigenvalue weighted by Crippen LogP contribution is -2.47. The number of hydrogen-bond donors (Lipinski definition) is 2. The average Bonchev–Trinajstić information content (AvgIpc) is 3.11. The maximum atomic E-state index is 13.2. The van der Waals surface area contributed by atoms with Crippen molar-refractivity contribution in [3.8, 4) is 11.3 Å². The number of benzene rings is 1. The molecular formula is C21H25F2NO3. The summed E-state index contributed by atoms with van der Waals surface area (Å²) >= 11 is 0. The van der Waals surface area contributed by atoms with Gasteiger partial charge in [0.15, 0.2) is 0 Å². The van der Waals surface area contributed by atoms with Crippen LogP contribution in [-0.2, 0) is 11.2 Å². The first-order valence-corrected chi connectivity index (χ1v) is 9.27. The molecule has 1 aliphatic carbocycles. The first-order valence-electron chi connectivity index (χ1n) is 9.27. The molecule has 2 aromatic rings. The van der Waals surface area contributed by atoms with Crippen molar-refractivity contribution in [3.05, 3.63) is 47.7 Å². The molecule has 0 spiro atoms. The Morgan fingerprint density at radius 1 is 1.11 bits per heavy atom. The Bertz CT molecular complexity index is 773. The van der Waals surface area contributed by atoms with Gasteiger partial charge in [-0.3, -0.25) is 4.79 Å². The van der Waals surface area contributed by atoms with E-state index >= 15 is 0 Å². The molecule has 2 N–H and O–H groups in total. The van der Waals surface area contributed by atoms with Crippen molar-refractivity contribution in [2.75, 3.05) is 6.54 Å². The monoisotopic (exact) mass is 377 g/mol. The Morgan fingerprint density at radius 2 is 1.78 bits per heavy atom. The van der Waals surface area contributed by atoms with Gasteiger partial charge in [0.2, 0.25) is 11.8 Å². The molecule has 0 radical (unpaired) electrons. The number of aliphatic hydroxyl groups is 1. The maximum Gasteiger partial charge on any atom is 0.248 e. The van der Waals surface area contributed by atoms with Gasteiger partial charge in [0.25, 0.3) is 0 Å². The molecule has 1 aromatic carbocycles. The lowest BCUT2D eigenvalue weighted by Gasteiger charge is -2.35. The minimum atomic E-state index is -2.70. The summed E-state index contributed by atoms with van der Waals surface area (Å²) in [7, 11) is 0. The molecule has 0 unspecified atom stereocenters. The SMILES string of the molecule is Cc1ccc(-c2ccc(CCC(=O)NCC3(O)CCC(F)(F)CC3)o2)cc1. The van der Waals surface area contributed by atoms with Crippen LogP contribution in [0.15, 0.2) is 40.8 Å². The molecule has 1 saturated carbocycles. The largest absolute Gasteiger partial charge is 0.461 e. The summed E-state index contributed by atoms with van der Waals surface area (Å²) in [5.41, 5.74) is 0.916. The molecule has 146 valence electrons. The van der Waals surface area contributed by atoms with Gasteiger partial charge in [-0.1, -0.05) is 29.8 Å². The zero-order valence-electron chi connectivity index (χ0n) is 15.4. The summed E-state index contributed by atoms with van der Waals surface area (Å²) in [5, 5.41) is 13.0. The summed E-state index contributed by atoms with van der Waals surface area (Å²) in [5.74, 6) is -1.47. The van der Waals surface area contributed by atoms with Crippen molar-refractivity contribution >= 4 is 5.91 Å². The third kappa shape index (κ3) is 5.39. The Labute approximate surface area is 157 Å². The first-order chi connectivity index (χ1) is 12.7. The van der Waals surface area contributed by atoms with Crippen LogP contribution in [0.4, 0.5) is 8.78 Å². The molecule has 3 rings (SSSR count). The second-order valence-corrected chi connectivity index (χ2v) is 7.49. The fourth-order valence-electron chi connectivity index (χ4n) is 3.23. The van der Waals surface area contributed by atoms with E-state index in [-0.39, 0.29) is 44.6 Å². The molecule has 1 aromatic heterocycles. The van der Waals surface area contributed by atoms with E-state index in [9.17, 15) is 18.7 Å². The minimum Gasteiger partial charge on any atom is -0.461 e. The highest BCUT2D eigenvalue weighted by Gasteiger charge is 2.42. The average molecular weight is 377 g/mol. The van der Waals surface area contributed by atoms with E-state index in [0.29, 0.717) is 12.2 Å². The number of alkyl halides is 2. The Kier molecular flexibility index (Phi) is 5.65. The zero-order valence-corrected chi connectivity index (χ0v) is 15.4. The van der Waals surface area contributed by atoms with Crippen LogP contribution in [0, 0.1) is 6.92 Å². The first kappa shape index (κ1) is 19.5. The van der Waals surface area contributed by atoms with Crippen LogP contribution in [0.5, 0.6) is 0 Å². The van der Waals surface area contributed by atoms with Crippen molar-refractivity contribution in [3.63, 3.8) is 0 Å². The predicted octanol–water partition coefficient (Wildman–Crippen LogP) is 4.24. The molecule has 1 aliphatic rings. The number of furan rings is 1. The number of amides is 1. The van der Waals surface area contributed by atoms with E-state index < -0.39 is 11.5 Å². The van der Waals surface area contributed by atoms with E-state index in [2.05, 4.69) is 5.32 Å². The standard InChI is InChI=1S/C21H25F2NO3/c1-15-2-4-16(5-3-15)18-8-6-17(27-18)7-9-19(25)24-14-20(26)10-12-21(22,23)13-11-20/h2-6,8,26H,7,9-14H2,1H3,(H,24,25). The van der Waals surface area contributed by atoms with Crippen LogP contribution in [0.1, 0.15) is 43.4 Å².